The zero-order valence-corrected chi connectivity index (χ0v) is 13.3. The van der Waals surface area contributed by atoms with Gasteiger partial charge in [-0.2, -0.15) is 0 Å². The number of rotatable bonds is 3. The number of amides is 1. The minimum absolute atomic E-state index is 0.0221. The number of nitro groups is 1. The van der Waals surface area contributed by atoms with E-state index in [2.05, 4.69) is 13.8 Å². The van der Waals surface area contributed by atoms with Gasteiger partial charge in [-0.1, -0.05) is 37.0 Å². The van der Waals surface area contributed by atoms with Gasteiger partial charge in [0, 0.05) is 25.2 Å². The minimum Gasteiger partial charge on any atom is -0.338 e. The number of hydrogen-bond donors (Lipinski definition) is 0. The highest BCUT2D eigenvalue weighted by atomic mass is 35.5. The first kappa shape index (κ1) is 16.0. The largest absolute Gasteiger partial charge is 0.338 e. The number of non-ortho nitro benzene ring substituents is 1. The van der Waals surface area contributed by atoms with Gasteiger partial charge < -0.3 is 4.90 Å². The summed E-state index contributed by atoms with van der Waals surface area (Å²) in [6, 6.07) is 2.35. The lowest BCUT2D eigenvalue weighted by atomic mass is 9.95. The molecule has 21 heavy (non-hydrogen) atoms. The van der Waals surface area contributed by atoms with Gasteiger partial charge in [0.15, 0.2) is 0 Å². The zero-order chi connectivity index (χ0) is 15.7. The molecule has 0 saturated carbocycles. The molecule has 114 valence electrons. The van der Waals surface area contributed by atoms with Crippen LogP contribution in [0.25, 0.3) is 0 Å². The van der Waals surface area contributed by atoms with Crippen molar-refractivity contribution in [1.82, 2.24) is 4.90 Å². The van der Waals surface area contributed by atoms with Gasteiger partial charge in [0.05, 0.1) is 20.5 Å². The van der Waals surface area contributed by atoms with Crippen molar-refractivity contribution in [3.8, 4) is 0 Å². The van der Waals surface area contributed by atoms with E-state index in [0.29, 0.717) is 24.9 Å². The number of nitro benzene ring substituents is 1. The lowest BCUT2D eigenvalue weighted by Gasteiger charge is -2.19. The summed E-state index contributed by atoms with van der Waals surface area (Å²) in [4.78, 5) is 24.5. The number of benzene rings is 1. The van der Waals surface area contributed by atoms with E-state index in [4.69, 9.17) is 23.2 Å². The Hall–Kier alpha value is -1.33. The van der Waals surface area contributed by atoms with Crippen molar-refractivity contribution in [3.05, 3.63) is 37.9 Å². The number of hydrogen-bond acceptors (Lipinski definition) is 3. The fraction of sp³-hybridized carbons (Fsp3) is 0.500. The van der Waals surface area contributed by atoms with Crippen LogP contribution in [0.4, 0.5) is 5.69 Å². The monoisotopic (exact) mass is 330 g/mol. The predicted molar refractivity (Wildman–Crippen MR) is 82.0 cm³/mol. The van der Waals surface area contributed by atoms with Gasteiger partial charge in [0.1, 0.15) is 0 Å². The first-order valence-electron chi connectivity index (χ1n) is 6.74. The van der Waals surface area contributed by atoms with E-state index in [0.717, 1.165) is 12.5 Å². The van der Waals surface area contributed by atoms with Gasteiger partial charge in [0.25, 0.3) is 11.6 Å². The fourth-order valence-electron chi connectivity index (χ4n) is 2.52. The normalized spacial score (nSPS) is 18.3. The molecule has 1 saturated heterocycles. The van der Waals surface area contributed by atoms with Crippen molar-refractivity contribution in [2.24, 2.45) is 11.8 Å². The maximum Gasteiger partial charge on any atom is 0.271 e. The first-order chi connectivity index (χ1) is 9.81. The van der Waals surface area contributed by atoms with Gasteiger partial charge in [-0.25, -0.2) is 0 Å². The molecule has 1 aromatic carbocycles. The molecule has 1 aromatic rings. The van der Waals surface area contributed by atoms with E-state index in [1.54, 1.807) is 4.90 Å². The standard InChI is InChI=1S/C14H16Cl2N2O3/c1-8(2)9-3-4-17(7-9)14(19)11-5-10(18(20)21)6-12(15)13(11)16/h5-6,8-9H,3-4,7H2,1-2H3. The summed E-state index contributed by atoms with van der Waals surface area (Å²) in [5.41, 5.74) is -0.132. The molecule has 1 unspecified atom stereocenters. The van der Waals surface area contributed by atoms with Gasteiger partial charge in [-0.3, -0.25) is 14.9 Å². The third kappa shape index (κ3) is 3.30. The van der Waals surface area contributed by atoms with E-state index < -0.39 is 4.92 Å². The number of carbonyl (C=O) groups is 1. The molecule has 1 atom stereocenters. The van der Waals surface area contributed by atoms with Crippen LogP contribution in [-0.2, 0) is 0 Å². The molecule has 7 heteroatoms. The highest BCUT2D eigenvalue weighted by Gasteiger charge is 2.31. The molecular formula is C14H16Cl2N2O3. The number of nitrogens with zero attached hydrogens (tertiary/aromatic N) is 2. The summed E-state index contributed by atoms with van der Waals surface area (Å²) >= 11 is 11.9. The molecule has 1 amide bonds. The first-order valence-corrected chi connectivity index (χ1v) is 7.49. The summed E-state index contributed by atoms with van der Waals surface area (Å²) in [6.07, 6.45) is 0.934. The maximum atomic E-state index is 12.5. The Morgan fingerprint density at radius 1 is 1.43 bits per heavy atom. The van der Waals surface area contributed by atoms with Gasteiger partial charge >= 0.3 is 0 Å². The second kappa shape index (κ2) is 6.20. The smallest absolute Gasteiger partial charge is 0.271 e. The highest BCUT2D eigenvalue weighted by molar-refractivity contribution is 6.44. The SMILES string of the molecule is CC(C)C1CCN(C(=O)c2cc([N+](=O)[O-])cc(Cl)c2Cl)C1. The molecule has 0 spiro atoms. The molecule has 0 radical (unpaired) electrons. The van der Waals surface area contributed by atoms with Crippen molar-refractivity contribution >= 4 is 34.8 Å². The van der Waals surface area contributed by atoms with Crippen LogP contribution in [0.2, 0.25) is 10.0 Å². The van der Waals surface area contributed by atoms with E-state index in [-0.39, 0.29) is 27.2 Å². The third-order valence-electron chi connectivity index (χ3n) is 3.91. The Bertz CT molecular complexity index is 590. The van der Waals surface area contributed by atoms with Crippen LogP contribution >= 0.6 is 23.2 Å². The van der Waals surface area contributed by atoms with Crippen molar-refractivity contribution in [3.63, 3.8) is 0 Å². The van der Waals surface area contributed by atoms with Crippen molar-refractivity contribution < 1.29 is 9.72 Å². The number of carbonyl (C=O) groups excluding carboxylic acids is 1. The Morgan fingerprint density at radius 2 is 2.10 bits per heavy atom. The zero-order valence-electron chi connectivity index (χ0n) is 11.8. The van der Waals surface area contributed by atoms with Crippen LogP contribution in [-0.4, -0.2) is 28.8 Å². The lowest BCUT2D eigenvalue weighted by molar-refractivity contribution is -0.384. The Labute approximate surface area is 133 Å². The van der Waals surface area contributed by atoms with E-state index >= 15 is 0 Å². The van der Waals surface area contributed by atoms with E-state index in [9.17, 15) is 14.9 Å². The van der Waals surface area contributed by atoms with E-state index in [1.165, 1.54) is 6.07 Å². The molecule has 1 aliphatic rings. The van der Waals surface area contributed by atoms with Crippen LogP contribution < -0.4 is 0 Å². The third-order valence-corrected chi connectivity index (χ3v) is 4.71. The molecule has 1 aliphatic heterocycles. The maximum absolute atomic E-state index is 12.5. The summed E-state index contributed by atoms with van der Waals surface area (Å²) in [6.45, 7) is 5.52. The summed E-state index contributed by atoms with van der Waals surface area (Å²) < 4.78 is 0. The van der Waals surface area contributed by atoms with Crippen LogP contribution in [0, 0.1) is 22.0 Å². The van der Waals surface area contributed by atoms with Crippen LogP contribution in [0.3, 0.4) is 0 Å². The number of likely N-dealkylation sites (tertiary alicyclic amines) is 1. The molecule has 1 heterocycles. The van der Waals surface area contributed by atoms with E-state index in [1.807, 2.05) is 0 Å². The molecular weight excluding hydrogens is 315 g/mol. The van der Waals surface area contributed by atoms with Gasteiger partial charge in [0.2, 0.25) is 0 Å². The molecule has 2 rings (SSSR count). The van der Waals surface area contributed by atoms with Gasteiger partial charge in [-0.15, -0.1) is 0 Å². The molecule has 1 fully saturated rings. The summed E-state index contributed by atoms with van der Waals surface area (Å²) in [5.74, 6) is 0.641. The summed E-state index contributed by atoms with van der Waals surface area (Å²) in [7, 11) is 0. The Morgan fingerprint density at radius 3 is 2.62 bits per heavy atom. The van der Waals surface area contributed by atoms with Crippen LogP contribution in [0.15, 0.2) is 12.1 Å². The van der Waals surface area contributed by atoms with Crippen molar-refractivity contribution in [2.45, 2.75) is 20.3 Å². The Kier molecular flexibility index (Phi) is 4.74. The summed E-state index contributed by atoms with van der Waals surface area (Å²) in [5, 5.41) is 11.0. The predicted octanol–water partition coefficient (Wildman–Crippen LogP) is 4.02. The molecule has 5 nitrogen and oxygen atoms in total. The highest BCUT2D eigenvalue weighted by Crippen LogP contribution is 2.33. The molecule has 0 N–H and O–H groups in total. The van der Waals surface area contributed by atoms with Gasteiger partial charge in [-0.05, 0) is 18.3 Å². The number of halogens is 2. The second-order valence-electron chi connectivity index (χ2n) is 5.59. The molecule has 0 aliphatic carbocycles. The lowest BCUT2D eigenvalue weighted by Crippen LogP contribution is -2.29. The quantitative estimate of drug-likeness (QED) is 0.621. The van der Waals surface area contributed by atoms with Crippen LogP contribution in [0.5, 0.6) is 0 Å². The second-order valence-corrected chi connectivity index (χ2v) is 6.38. The average Bonchev–Trinajstić information content (AvgIpc) is 2.90. The average molecular weight is 331 g/mol. The fourth-order valence-corrected chi connectivity index (χ4v) is 2.93. The Balaban J connectivity index is 2.29. The van der Waals surface area contributed by atoms with Crippen molar-refractivity contribution in [1.29, 1.82) is 0 Å². The van der Waals surface area contributed by atoms with Crippen molar-refractivity contribution in [2.75, 3.05) is 13.1 Å². The van der Waals surface area contributed by atoms with Crippen LogP contribution in [0.1, 0.15) is 30.6 Å². The topological polar surface area (TPSA) is 63.5 Å². The minimum atomic E-state index is -0.583. The molecule has 0 bridgehead atoms. The molecule has 0 aromatic heterocycles.